The van der Waals surface area contributed by atoms with E-state index in [1.54, 1.807) is 12.3 Å². The third-order valence-corrected chi connectivity index (χ3v) is 4.66. The van der Waals surface area contributed by atoms with Crippen LogP contribution in [0.1, 0.15) is 30.1 Å². The average Bonchev–Trinajstić information content (AvgIpc) is 3.28. The maximum absolute atomic E-state index is 12.4. The number of thiazole rings is 1. The first-order valence-electron chi connectivity index (χ1n) is 6.94. The van der Waals surface area contributed by atoms with Gasteiger partial charge in [-0.25, -0.2) is 4.79 Å². The molecular formula is C14H14N4O3S. The van der Waals surface area contributed by atoms with Crippen molar-refractivity contribution in [1.82, 2.24) is 13.7 Å². The predicted octanol–water partition coefficient (Wildman–Crippen LogP) is 0.448. The van der Waals surface area contributed by atoms with Gasteiger partial charge in [0.2, 0.25) is 0 Å². The van der Waals surface area contributed by atoms with Gasteiger partial charge in [-0.2, -0.15) is 5.26 Å². The average molecular weight is 318 g/mol. The number of rotatable bonds is 4. The highest BCUT2D eigenvalue weighted by atomic mass is 32.1. The first kappa shape index (κ1) is 14.5. The van der Waals surface area contributed by atoms with Crippen molar-refractivity contribution in [3.63, 3.8) is 0 Å². The molecule has 0 aliphatic heterocycles. The van der Waals surface area contributed by atoms with Gasteiger partial charge in [0.1, 0.15) is 11.6 Å². The fourth-order valence-corrected chi connectivity index (χ4v) is 3.15. The number of aromatic nitrogens is 3. The molecule has 0 aromatic carbocycles. The Morgan fingerprint density at radius 1 is 1.27 bits per heavy atom. The van der Waals surface area contributed by atoms with Crippen LogP contribution in [0.25, 0.3) is 0 Å². The molecule has 0 unspecified atom stereocenters. The van der Waals surface area contributed by atoms with Gasteiger partial charge in [0.25, 0.3) is 5.56 Å². The molecule has 22 heavy (non-hydrogen) atoms. The minimum absolute atomic E-state index is 0.0408. The summed E-state index contributed by atoms with van der Waals surface area (Å²) in [6.07, 6.45) is 3.11. The van der Waals surface area contributed by atoms with E-state index < -0.39 is 11.2 Å². The van der Waals surface area contributed by atoms with Gasteiger partial charge in [0.15, 0.2) is 0 Å². The number of nitriles is 1. The summed E-state index contributed by atoms with van der Waals surface area (Å²) in [5, 5.41) is 10.8. The maximum Gasteiger partial charge on any atom is 0.331 e. The quantitative estimate of drug-likeness (QED) is 0.818. The Balaban J connectivity index is 2.01. The van der Waals surface area contributed by atoms with Gasteiger partial charge in [-0.05, 0) is 19.8 Å². The van der Waals surface area contributed by atoms with Gasteiger partial charge in [-0.3, -0.25) is 18.7 Å². The van der Waals surface area contributed by atoms with E-state index in [2.05, 4.69) is 0 Å². The molecule has 0 N–H and O–H groups in total. The van der Waals surface area contributed by atoms with E-state index >= 15 is 0 Å². The van der Waals surface area contributed by atoms with E-state index in [1.165, 1.54) is 15.3 Å². The molecule has 0 atom stereocenters. The molecule has 0 amide bonds. The molecule has 3 rings (SSSR count). The predicted molar refractivity (Wildman–Crippen MR) is 81.3 cm³/mol. The van der Waals surface area contributed by atoms with Crippen molar-refractivity contribution in [3.05, 3.63) is 53.3 Å². The topological polar surface area (TPSA) is 89.8 Å². The van der Waals surface area contributed by atoms with Gasteiger partial charge < -0.3 is 4.57 Å². The molecular weight excluding hydrogens is 304 g/mol. The molecule has 114 valence electrons. The van der Waals surface area contributed by atoms with E-state index in [9.17, 15) is 14.4 Å². The Morgan fingerprint density at radius 2 is 1.95 bits per heavy atom. The summed E-state index contributed by atoms with van der Waals surface area (Å²) in [5.74, 6) is 0. The van der Waals surface area contributed by atoms with Crippen LogP contribution in [-0.2, 0) is 13.1 Å². The Kier molecular flexibility index (Phi) is 3.58. The van der Waals surface area contributed by atoms with Crippen molar-refractivity contribution < 1.29 is 0 Å². The molecule has 1 aliphatic carbocycles. The van der Waals surface area contributed by atoms with Crippen molar-refractivity contribution >= 4 is 11.3 Å². The molecule has 0 spiro atoms. The van der Waals surface area contributed by atoms with Gasteiger partial charge in [-0.1, -0.05) is 11.3 Å². The van der Waals surface area contributed by atoms with E-state index in [4.69, 9.17) is 5.26 Å². The molecule has 2 aromatic rings. The molecule has 2 aromatic heterocycles. The Hall–Kier alpha value is -2.40. The van der Waals surface area contributed by atoms with Crippen LogP contribution >= 0.6 is 11.3 Å². The summed E-state index contributed by atoms with van der Waals surface area (Å²) >= 11 is 1.08. The van der Waals surface area contributed by atoms with Crippen LogP contribution in [0.4, 0.5) is 0 Å². The highest BCUT2D eigenvalue weighted by molar-refractivity contribution is 7.07. The third-order valence-electron chi connectivity index (χ3n) is 3.78. The van der Waals surface area contributed by atoms with Gasteiger partial charge >= 0.3 is 10.6 Å². The summed E-state index contributed by atoms with van der Waals surface area (Å²) < 4.78 is 4.04. The molecule has 0 saturated heterocycles. The molecule has 0 bridgehead atoms. The van der Waals surface area contributed by atoms with E-state index in [-0.39, 0.29) is 29.6 Å². The summed E-state index contributed by atoms with van der Waals surface area (Å²) in [7, 11) is 0. The lowest BCUT2D eigenvalue weighted by molar-refractivity contribution is 0.501. The lowest BCUT2D eigenvalue weighted by Gasteiger charge is -2.11. The summed E-state index contributed by atoms with van der Waals surface area (Å²) in [4.78, 5) is 36.2. The van der Waals surface area contributed by atoms with Crippen LogP contribution in [0.2, 0.25) is 0 Å². The first-order chi connectivity index (χ1) is 10.5. The number of aryl methyl sites for hydroxylation is 1. The number of hydrogen-bond acceptors (Lipinski definition) is 5. The van der Waals surface area contributed by atoms with E-state index in [0.29, 0.717) is 0 Å². The van der Waals surface area contributed by atoms with Crippen molar-refractivity contribution in [3.8, 4) is 6.07 Å². The van der Waals surface area contributed by atoms with Gasteiger partial charge in [0, 0.05) is 36.4 Å². The molecule has 0 radical (unpaired) electrons. The fraction of sp³-hybridized carbons (Fsp3) is 0.429. The molecule has 1 fully saturated rings. The van der Waals surface area contributed by atoms with Gasteiger partial charge in [0.05, 0.1) is 0 Å². The van der Waals surface area contributed by atoms with Gasteiger partial charge in [-0.15, -0.1) is 0 Å². The van der Waals surface area contributed by atoms with Crippen molar-refractivity contribution in [2.45, 2.75) is 38.9 Å². The second-order valence-electron chi connectivity index (χ2n) is 5.33. The molecule has 1 saturated carbocycles. The second kappa shape index (κ2) is 5.42. The standard InChI is InChI=1S/C14H14N4O3S/c1-9-8-22-14(21)16(9)4-5-17-12(19)10(6-15)7-18(13(17)20)11-2-3-11/h7-8,11H,2-5H2,1H3. The van der Waals surface area contributed by atoms with Crippen LogP contribution < -0.4 is 16.1 Å². The van der Waals surface area contributed by atoms with Crippen molar-refractivity contribution in [1.29, 1.82) is 5.26 Å². The zero-order valence-corrected chi connectivity index (χ0v) is 12.8. The van der Waals surface area contributed by atoms with Crippen LogP contribution in [0.3, 0.4) is 0 Å². The normalized spacial score (nSPS) is 14.0. The lowest BCUT2D eigenvalue weighted by atomic mass is 10.3. The minimum atomic E-state index is -0.592. The molecule has 1 aliphatic rings. The first-order valence-corrected chi connectivity index (χ1v) is 7.82. The zero-order chi connectivity index (χ0) is 15.9. The molecule has 7 nitrogen and oxygen atoms in total. The number of hydrogen-bond donors (Lipinski definition) is 0. The SMILES string of the molecule is Cc1csc(=O)n1CCn1c(=O)c(C#N)cn(C2CC2)c1=O. The second-order valence-corrected chi connectivity index (χ2v) is 6.15. The monoisotopic (exact) mass is 318 g/mol. The third kappa shape index (κ3) is 2.44. The van der Waals surface area contributed by atoms with Crippen LogP contribution in [0.15, 0.2) is 26.0 Å². The molecule has 2 heterocycles. The van der Waals surface area contributed by atoms with Crippen molar-refractivity contribution in [2.75, 3.05) is 0 Å². The maximum atomic E-state index is 12.4. The smallest absolute Gasteiger partial charge is 0.302 e. The Labute approximate surface area is 129 Å². The minimum Gasteiger partial charge on any atom is -0.302 e. The van der Waals surface area contributed by atoms with Crippen LogP contribution in [-0.4, -0.2) is 13.7 Å². The number of nitrogens with zero attached hydrogens (tertiary/aromatic N) is 4. The zero-order valence-electron chi connectivity index (χ0n) is 12.0. The fourth-order valence-electron chi connectivity index (χ4n) is 2.38. The van der Waals surface area contributed by atoms with Crippen LogP contribution in [0, 0.1) is 18.3 Å². The highest BCUT2D eigenvalue weighted by Crippen LogP contribution is 2.33. The highest BCUT2D eigenvalue weighted by Gasteiger charge is 2.26. The Morgan fingerprint density at radius 3 is 2.50 bits per heavy atom. The largest absolute Gasteiger partial charge is 0.331 e. The lowest BCUT2D eigenvalue weighted by Crippen LogP contribution is -2.41. The Bertz CT molecular complexity index is 937. The summed E-state index contributed by atoms with van der Waals surface area (Å²) in [5.41, 5.74) is -0.249. The van der Waals surface area contributed by atoms with Crippen molar-refractivity contribution in [2.24, 2.45) is 0 Å². The summed E-state index contributed by atoms with van der Waals surface area (Å²) in [6, 6.07) is 1.92. The summed E-state index contributed by atoms with van der Waals surface area (Å²) in [6.45, 7) is 2.12. The molecule has 8 heteroatoms. The van der Waals surface area contributed by atoms with E-state index in [1.807, 2.05) is 6.07 Å². The van der Waals surface area contributed by atoms with E-state index in [0.717, 1.165) is 34.4 Å². The van der Waals surface area contributed by atoms with Crippen LogP contribution in [0.5, 0.6) is 0 Å².